The molecule has 0 unspecified atom stereocenters. The second kappa shape index (κ2) is 10.2. The number of carbonyl (C=O) groups excluding carboxylic acids is 1. The van der Waals surface area contributed by atoms with E-state index < -0.39 is 0 Å². The van der Waals surface area contributed by atoms with Crippen LogP contribution in [0.4, 0.5) is 5.13 Å². The van der Waals surface area contributed by atoms with Gasteiger partial charge in [-0.1, -0.05) is 23.5 Å². The number of carbonyl (C=O) groups is 1. The van der Waals surface area contributed by atoms with Gasteiger partial charge >= 0.3 is 0 Å². The fourth-order valence-corrected chi connectivity index (χ4v) is 4.63. The number of anilines is 1. The van der Waals surface area contributed by atoms with Crippen LogP contribution in [-0.4, -0.2) is 61.3 Å². The van der Waals surface area contributed by atoms with E-state index in [2.05, 4.69) is 4.90 Å². The van der Waals surface area contributed by atoms with Gasteiger partial charge in [0.2, 0.25) is 0 Å². The second-order valence-corrected chi connectivity index (χ2v) is 8.93. The summed E-state index contributed by atoms with van der Waals surface area (Å²) >= 11 is 1.56. The standard InChI is InChI=1S/C24H29N3O3S/c1-18(2)30-20-10-8-19(9-11-20)23(28)27(13-5-12-26-14-16-29-17-15-26)24-25-21-6-3-4-7-22(21)31-24/h3-4,6-11,18H,5,12-17H2,1-2H3. The number of fused-ring (bicyclic) bond motifs is 1. The van der Waals surface area contributed by atoms with Gasteiger partial charge in [-0.3, -0.25) is 14.6 Å². The smallest absolute Gasteiger partial charge is 0.260 e. The van der Waals surface area contributed by atoms with E-state index in [1.54, 1.807) is 11.3 Å². The molecule has 0 bridgehead atoms. The first-order valence-corrected chi connectivity index (χ1v) is 11.7. The van der Waals surface area contributed by atoms with Crippen LogP contribution in [0, 0.1) is 0 Å². The minimum absolute atomic E-state index is 0.0304. The van der Waals surface area contributed by atoms with Crippen molar-refractivity contribution >= 4 is 32.6 Å². The van der Waals surface area contributed by atoms with E-state index in [0.29, 0.717) is 12.1 Å². The van der Waals surface area contributed by atoms with Gasteiger partial charge in [0, 0.05) is 31.7 Å². The predicted octanol–water partition coefficient (Wildman–Crippen LogP) is 4.45. The SMILES string of the molecule is CC(C)Oc1ccc(C(=O)N(CCCN2CCOCC2)c2nc3ccccc3s2)cc1. The van der Waals surface area contributed by atoms with Gasteiger partial charge in [-0.2, -0.15) is 0 Å². The molecule has 31 heavy (non-hydrogen) atoms. The zero-order valence-corrected chi connectivity index (χ0v) is 18.9. The molecule has 0 atom stereocenters. The summed E-state index contributed by atoms with van der Waals surface area (Å²) in [6.07, 6.45) is 0.983. The zero-order chi connectivity index (χ0) is 21.6. The Morgan fingerprint density at radius 1 is 1.16 bits per heavy atom. The minimum atomic E-state index is -0.0304. The van der Waals surface area contributed by atoms with Crippen LogP contribution in [0.3, 0.4) is 0 Å². The van der Waals surface area contributed by atoms with Crippen LogP contribution in [-0.2, 0) is 4.74 Å². The fraction of sp³-hybridized carbons (Fsp3) is 0.417. The average molecular weight is 440 g/mol. The highest BCUT2D eigenvalue weighted by atomic mass is 32.1. The highest BCUT2D eigenvalue weighted by Crippen LogP contribution is 2.30. The number of morpholine rings is 1. The first kappa shape index (κ1) is 21.7. The molecule has 0 radical (unpaired) electrons. The molecule has 1 saturated heterocycles. The maximum atomic E-state index is 13.5. The lowest BCUT2D eigenvalue weighted by Gasteiger charge is -2.27. The molecular weight excluding hydrogens is 410 g/mol. The molecule has 1 aliphatic heterocycles. The number of nitrogens with zero attached hydrogens (tertiary/aromatic N) is 3. The Kier molecular flexibility index (Phi) is 7.17. The molecule has 6 nitrogen and oxygen atoms in total. The Balaban J connectivity index is 1.52. The van der Waals surface area contributed by atoms with E-state index in [-0.39, 0.29) is 12.0 Å². The molecule has 3 aromatic rings. The molecule has 0 N–H and O–H groups in total. The highest BCUT2D eigenvalue weighted by molar-refractivity contribution is 7.22. The van der Waals surface area contributed by atoms with E-state index in [9.17, 15) is 4.79 Å². The van der Waals surface area contributed by atoms with E-state index in [0.717, 1.165) is 60.4 Å². The van der Waals surface area contributed by atoms with Gasteiger partial charge in [-0.25, -0.2) is 4.98 Å². The number of para-hydroxylation sites is 1. The maximum absolute atomic E-state index is 13.5. The number of ether oxygens (including phenoxy) is 2. The molecule has 164 valence electrons. The Labute approximate surface area is 187 Å². The van der Waals surface area contributed by atoms with Crippen LogP contribution in [0.25, 0.3) is 10.2 Å². The Bertz CT molecular complexity index is 964. The van der Waals surface area contributed by atoms with Crippen molar-refractivity contribution in [2.75, 3.05) is 44.3 Å². The Hall–Kier alpha value is -2.48. The Morgan fingerprint density at radius 3 is 2.61 bits per heavy atom. The highest BCUT2D eigenvalue weighted by Gasteiger charge is 2.22. The largest absolute Gasteiger partial charge is 0.491 e. The monoisotopic (exact) mass is 439 g/mol. The lowest BCUT2D eigenvalue weighted by molar-refractivity contribution is 0.0376. The lowest BCUT2D eigenvalue weighted by atomic mass is 10.2. The van der Waals surface area contributed by atoms with Crippen LogP contribution in [0.5, 0.6) is 5.75 Å². The van der Waals surface area contributed by atoms with Crippen LogP contribution < -0.4 is 9.64 Å². The van der Waals surface area contributed by atoms with E-state index in [1.807, 2.05) is 67.3 Å². The van der Waals surface area contributed by atoms with Crippen molar-refractivity contribution in [2.24, 2.45) is 0 Å². The van der Waals surface area contributed by atoms with Crippen LogP contribution in [0.2, 0.25) is 0 Å². The number of amides is 1. The first-order chi connectivity index (χ1) is 15.1. The van der Waals surface area contributed by atoms with E-state index in [4.69, 9.17) is 14.5 Å². The molecule has 1 amide bonds. The molecule has 1 fully saturated rings. The lowest BCUT2D eigenvalue weighted by Crippen LogP contribution is -2.39. The van der Waals surface area contributed by atoms with Gasteiger partial charge in [-0.05, 0) is 56.7 Å². The summed E-state index contributed by atoms with van der Waals surface area (Å²) < 4.78 is 12.2. The molecule has 2 aromatic carbocycles. The summed E-state index contributed by atoms with van der Waals surface area (Å²) in [4.78, 5) is 22.4. The van der Waals surface area contributed by atoms with E-state index in [1.165, 1.54) is 0 Å². The third-order valence-corrected chi connectivity index (χ3v) is 6.25. The number of rotatable bonds is 8. The van der Waals surface area contributed by atoms with Crippen molar-refractivity contribution in [1.29, 1.82) is 0 Å². The van der Waals surface area contributed by atoms with Gasteiger partial charge < -0.3 is 9.47 Å². The quantitative estimate of drug-likeness (QED) is 0.519. The summed E-state index contributed by atoms with van der Waals surface area (Å²) in [5.74, 6) is 0.738. The second-order valence-electron chi connectivity index (χ2n) is 7.92. The molecule has 2 heterocycles. The summed E-state index contributed by atoms with van der Waals surface area (Å²) in [6.45, 7) is 9.01. The Morgan fingerprint density at radius 2 is 1.90 bits per heavy atom. The fourth-order valence-electron chi connectivity index (χ4n) is 3.64. The minimum Gasteiger partial charge on any atom is -0.491 e. The summed E-state index contributed by atoms with van der Waals surface area (Å²) in [5, 5.41) is 0.746. The summed E-state index contributed by atoms with van der Waals surface area (Å²) in [7, 11) is 0. The first-order valence-electron chi connectivity index (χ1n) is 10.8. The van der Waals surface area contributed by atoms with Gasteiger partial charge in [0.05, 0.1) is 29.5 Å². The van der Waals surface area contributed by atoms with Crippen molar-refractivity contribution < 1.29 is 14.3 Å². The summed E-state index contributed by atoms with van der Waals surface area (Å²) in [5.41, 5.74) is 1.57. The molecule has 4 rings (SSSR count). The van der Waals surface area contributed by atoms with Crippen molar-refractivity contribution in [3.8, 4) is 5.75 Å². The number of benzene rings is 2. The number of aromatic nitrogens is 1. The van der Waals surface area contributed by atoms with Crippen molar-refractivity contribution in [3.63, 3.8) is 0 Å². The van der Waals surface area contributed by atoms with Gasteiger partial charge in [0.15, 0.2) is 5.13 Å². The summed E-state index contributed by atoms with van der Waals surface area (Å²) in [6, 6.07) is 15.4. The zero-order valence-electron chi connectivity index (χ0n) is 18.1. The maximum Gasteiger partial charge on any atom is 0.260 e. The number of hydrogen-bond acceptors (Lipinski definition) is 6. The normalized spacial score (nSPS) is 14.8. The van der Waals surface area contributed by atoms with Crippen LogP contribution >= 0.6 is 11.3 Å². The topological polar surface area (TPSA) is 54.9 Å². The van der Waals surface area contributed by atoms with Crippen molar-refractivity contribution in [3.05, 3.63) is 54.1 Å². The molecule has 0 aliphatic carbocycles. The predicted molar refractivity (Wildman–Crippen MR) is 125 cm³/mol. The average Bonchev–Trinajstić information content (AvgIpc) is 3.21. The third-order valence-electron chi connectivity index (χ3n) is 5.19. The van der Waals surface area contributed by atoms with Crippen LogP contribution in [0.1, 0.15) is 30.6 Å². The number of thiazole rings is 1. The van der Waals surface area contributed by atoms with Crippen molar-refractivity contribution in [2.45, 2.75) is 26.4 Å². The van der Waals surface area contributed by atoms with Gasteiger partial charge in [0.1, 0.15) is 5.75 Å². The molecule has 1 aromatic heterocycles. The molecule has 1 aliphatic rings. The molecular formula is C24H29N3O3S. The van der Waals surface area contributed by atoms with Gasteiger partial charge in [-0.15, -0.1) is 0 Å². The van der Waals surface area contributed by atoms with E-state index >= 15 is 0 Å². The number of hydrogen-bond donors (Lipinski definition) is 0. The molecule has 0 saturated carbocycles. The molecule has 7 heteroatoms. The van der Waals surface area contributed by atoms with Crippen LogP contribution in [0.15, 0.2) is 48.5 Å². The van der Waals surface area contributed by atoms with Gasteiger partial charge in [0.25, 0.3) is 5.91 Å². The molecule has 0 spiro atoms. The van der Waals surface area contributed by atoms with Crippen molar-refractivity contribution in [1.82, 2.24) is 9.88 Å². The third kappa shape index (κ3) is 5.61.